The molecule has 0 atom stereocenters. The van der Waals surface area contributed by atoms with Crippen LogP contribution in [-0.2, 0) is 0 Å². The van der Waals surface area contributed by atoms with E-state index in [1.54, 1.807) is 0 Å². The topological polar surface area (TPSA) is 26.0 Å². The molecule has 0 amide bonds. The molecule has 0 bridgehead atoms. The van der Waals surface area contributed by atoms with Crippen molar-refractivity contribution in [3.63, 3.8) is 0 Å². The molecule has 1 aliphatic rings. The standard InChI is InChI=1S/C7H10ClN/c1-5-3-2-4-6(8)7(5)9/h3H,2,4,9H2,1H3. The van der Waals surface area contributed by atoms with Crippen molar-refractivity contribution in [3.8, 4) is 0 Å². The maximum atomic E-state index is 5.78. The van der Waals surface area contributed by atoms with E-state index in [4.69, 9.17) is 17.3 Å². The second kappa shape index (κ2) is 2.44. The summed E-state index contributed by atoms with van der Waals surface area (Å²) in [4.78, 5) is 0. The lowest BCUT2D eigenvalue weighted by Gasteiger charge is -2.10. The van der Waals surface area contributed by atoms with Crippen LogP contribution in [0.25, 0.3) is 0 Å². The van der Waals surface area contributed by atoms with Gasteiger partial charge in [0.25, 0.3) is 0 Å². The van der Waals surface area contributed by atoms with E-state index < -0.39 is 0 Å². The first-order chi connectivity index (χ1) is 4.22. The fourth-order valence-corrected chi connectivity index (χ4v) is 1.13. The first-order valence-electron chi connectivity index (χ1n) is 3.03. The predicted octanol–water partition coefficient (Wildman–Crippen LogP) is 2.14. The number of rotatable bonds is 0. The van der Waals surface area contributed by atoms with Crippen LogP contribution in [0.2, 0.25) is 0 Å². The zero-order valence-electron chi connectivity index (χ0n) is 5.45. The van der Waals surface area contributed by atoms with E-state index in [1.807, 2.05) is 6.92 Å². The monoisotopic (exact) mass is 143 g/mol. The number of allylic oxidation sites excluding steroid dienone is 3. The number of nitrogens with two attached hydrogens (primary N) is 1. The predicted molar refractivity (Wildman–Crippen MR) is 40.1 cm³/mol. The minimum atomic E-state index is 0.767. The van der Waals surface area contributed by atoms with Gasteiger partial charge in [-0.05, 0) is 25.3 Å². The highest BCUT2D eigenvalue weighted by Crippen LogP contribution is 2.23. The molecule has 0 radical (unpaired) electrons. The van der Waals surface area contributed by atoms with Crippen LogP contribution in [0, 0.1) is 0 Å². The van der Waals surface area contributed by atoms with Crippen molar-refractivity contribution >= 4 is 11.6 Å². The molecule has 2 N–H and O–H groups in total. The van der Waals surface area contributed by atoms with Crippen molar-refractivity contribution in [3.05, 3.63) is 22.4 Å². The molecule has 0 fully saturated rings. The summed E-state index contributed by atoms with van der Waals surface area (Å²) in [5.41, 5.74) is 7.48. The van der Waals surface area contributed by atoms with Crippen LogP contribution in [0.3, 0.4) is 0 Å². The summed E-state index contributed by atoms with van der Waals surface area (Å²) in [6.07, 6.45) is 4.05. The molecule has 2 heteroatoms. The first-order valence-corrected chi connectivity index (χ1v) is 3.41. The van der Waals surface area contributed by atoms with Gasteiger partial charge in [-0.1, -0.05) is 17.7 Å². The SMILES string of the molecule is CC1=CCCC(Cl)=C1N. The summed E-state index contributed by atoms with van der Waals surface area (Å²) in [7, 11) is 0. The Labute approximate surface area is 60.2 Å². The molecule has 50 valence electrons. The molecule has 0 aliphatic heterocycles. The van der Waals surface area contributed by atoms with Gasteiger partial charge in [-0.25, -0.2) is 0 Å². The fourth-order valence-electron chi connectivity index (χ4n) is 0.874. The van der Waals surface area contributed by atoms with Crippen LogP contribution in [-0.4, -0.2) is 0 Å². The number of halogens is 1. The van der Waals surface area contributed by atoms with Gasteiger partial charge in [0.15, 0.2) is 0 Å². The van der Waals surface area contributed by atoms with Crippen LogP contribution >= 0.6 is 11.6 Å². The van der Waals surface area contributed by atoms with Crippen molar-refractivity contribution in [2.24, 2.45) is 5.73 Å². The second-order valence-electron chi connectivity index (χ2n) is 2.24. The van der Waals surface area contributed by atoms with Crippen molar-refractivity contribution in [2.75, 3.05) is 0 Å². The third kappa shape index (κ3) is 1.28. The molecule has 1 rings (SSSR count). The Bertz CT molecular complexity index is 179. The lowest BCUT2D eigenvalue weighted by atomic mass is 10.1. The largest absolute Gasteiger partial charge is 0.398 e. The molecule has 0 saturated carbocycles. The molecule has 1 aliphatic carbocycles. The molecule has 0 spiro atoms. The third-order valence-electron chi connectivity index (χ3n) is 1.53. The van der Waals surface area contributed by atoms with Crippen LogP contribution < -0.4 is 5.73 Å². The molecule has 0 aromatic rings. The van der Waals surface area contributed by atoms with E-state index in [0.717, 1.165) is 29.1 Å². The minimum absolute atomic E-state index is 0.767. The van der Waals surface area contributed by atoms with E-state index >= 15 is 0 Å². The molecular formula is C7H10ClN. The Hall–Kier alpha value is -0.430. The number of hydrogen-bond donors (Lipinski definition) is 1. The van der Waals surface area contributed by atoms with Gasteiger partial charge < -0.3 is 5.73 Å². The van der Waals surface area contributed by atoms with E-state index in [2.05, 4.69) is 6.08 Å². The molecule has 9 heavy (non-hydrogen) atoms. The average molecular weight is 144 g/mol. The summed E-state index contributed by atoms with van der Waals surface area (Å²) in [5, 5.41) is 0.815. The van der Waals surface area contributed by atoms with Gasteiger partial charge in [-0.15, -0.1) is 0 Å². The zero-order valence-corrected chi connectivity index (χ0v) is 6.20. The first kappa shape index (κ1) is 6.69. The maximum Gasteiger partial charge on any atom is 0.0488 e. The van der Waals surface area contributed by atoms with Gasteiger partial charge in [-0.2, -0.15) is 0 Å². The molecule has 0 saturated heterocycles. The van der Waals surface area contributed by atoms with Crippen LogP contribution in [0.1, 0.15) is 19.8 Å². The second-order valence-corrected chi connectivity index (χ2v) is 2.70. The molecule has 1 nitrogen and oxygen atoms in total. The summed E-state index contributed by atoms with van der Waals surface area (Å²) in [6.45, 7) is 1.98. The Morgan fingerprint density at radius 2 is 2.33 bits per heavy atom. The summed E-state index contributed by atoms with van der Waals surface area (Å²) < 4.78 is 0. The fraction of sp³-hybridized carbons (Fsp3) is 0.429. The Kier molecular flexibility index (Phi) is 1.81. The minimum Gasteiger partial charge on any atom is -0.398 e. The molecule has 0 aromatic carbocycles. The highest BCUT2D eigenvalue weighted by molar-refractivity contribution is 6.30. The highest BCUT2D eigenvalue weighted by atomic mass is 35.5. The highest BCUT2D eigenvalue weighted by Gasteiger charge is 2.06. The molecule has 0 unspecified atom stereocenters. The quantitative estimate of drug-likeness (QED) is 0.553. The van der Waals surface area contributed by atoms with Gasteiger partial charge >= 0.3 is 0 Å². The third-order valence-corrected chi connectivity index (χ3v) is 1.92. The lowest BCUT2D eigenvalue weighted by Crippen LogP contribution is -2.04. The van der Waals surface area contributed by atoms with Gasteiger partial charge in [0.1, 0.15) is 0 Å². The molecular weight excluding hydrogens is 134 g/mol. The maximum absolute atomic E-state index is 5.78. The van der Waals surface area contributed by atoms with Crippen molar-refractivity contribution in [2.45, 2.75) is 19.8 Å². The van der Waals surface area contributed by atoms with E-state index in [0.29, 0.717) is 0 Å². The zero-order chi connectivity index (χ0) is 6.85. The Morgan fingerprint density at radius 1 is 1.67 bits per heavy atom. The summed E-state index contributed by atoms with van der Waals surface area (Å²) in [5.74, 6) is 0. The van der Waals surface area contributed by atoms with Crippen LogP contribution in [0.15, 0.2) is 22.4 Å². The average Bonchev–Trinajstić information content (AvgIpc) is 1.83. The van der Waals surface area contributed by atoms with Crippen molar-refractivity contribution < 1.29 is 0 Å². The van der Waals surface area contributed by atoms with Crippen molar-refractivity contribution in [1.29, 1.82) is 0 Å². The van der Waals surface area contributed by atoms with E-state index in [9.17, 15) is 0 Å². The lowest BCUT2D eigenvalue weighted by molar-refractivity contribution is 0.963. The summed E-state index contributed by atoms with van der Waals surface area (Å²) in [6, 6.07) is 0. The Morgan fingerprint density at radius 3 is 2.78 bits per heavy atom. The van der Waals surface area contributed by atoms with Gasteiger partial charge in [0.05, 0.1) is 0 Å². The van der Waals surface area contributed by atoms with Crippen molar-refractivity contribution in [1.82, 2.24) is 0 Å². The Balaban J connectivity index is 2.88. The van der Waals surface area contributed by atoms with Crippen LogP contribution in [0.4, 0.5) is 0 Å². The summed E-state index contributed by atoms with van der Waals surface area (Å²) >= 11 is 5.78. The van der Waals surface area contributed by atoms with E-state index in [1.165, 1.54) is 0 Å². The van der Waals surface area contributed by atoms with Gasteiger partial charge in [-0.3, -0.25) is 0 Å². The number of hydrogen-bond acceptors (Lipinski definition) is 1. The van der Waals surface area contributed by atoms with Gasteiger partial charge in [0, 0.05) is 10.7 Å². The normalized spacial score (nSPS) is 20.0. The van der Waals surface area contributed by atoms with Gasteiger partial charge in [0.2, 0.25) is 0 Å². The smallest absolute Gasteiger partial charge is 0.0488 e. The van der Waals surface area contributed by atoms with E-state index in [-0.39, 0.29) is 0 Å². The molecule has 0 heterocycles. The van der Waals surface area contributed by atoms with Crippen LogP contribution in [0.5, 0.6) is 0 Å². The molecule has 0 aromatic heterocycles.